The van der Waals surface area contributed by atoms with Gasteiger partial charge in [0.2, 0.25) is 5.91 Å². The van der Waals surface area contributed by atoms with Gasteiger partial charge in [-0.05, 0) is 31.2 Å². The van der Waals surface area contributed by atoms with Crippen LogP contribution < -0.4 is 16.4 Å². The molecule has 2 aliphatic heterocycles. The first-order valence-electron chi connectivity index (χ1n) is 7.38. The van der Waals surface area contributed by atoms with E-state index in [9.17, 15) is 4.79 Å². The highest BCUT2D eigenvalue weighted by Crippen LogP contribution is 2.31. The second kappa shape index (κ2) is 5.91. The molecule has 0 bridgehead atoms. The lowest BCUT2D eigenvalue weighted by atomic mass is 10.0. The van der Waals surface area contributed by atoms with Crippen LogP contribution in [0.1, 0.15) is 12.0 Å². The molecule has 1 unspecified atom stereocenters. The van der Waals surface area contributed by atoms with E-state index in [-0.39, 0.29) is 12.0 Å². The van der Waals surface area contributed by atoms with Crippen LogP contribution in [-0.2, 0) is 16.0 Å². The average Bonchev–Trinajstić information content (AvgIpc) is 2.45. The molecule has 6 nitrogen and oxygen atoms in total. The summed E-state index contributed by atoms with van der Waals surface area (Å²) in [5.74, 6) is 0.0652. The molecule has 3 rings (SSSR count). The highest BCUT2D eigenvalue weighted by molar-refractivity contribution is 5.95. The van der Waals surface area contributed by atoms with Gasteiger partial charge in [0, 0.05) is 31.7 Å². The van der Waals surface area contributed by atoms with E-state index in [2.05, 4.69) is 22.6 Å². The number of hydrogen-bond donors (Lipinski definition) is 3. The number of nitrogens with zero attached hydrogens (tertiary/aromatic N) is 1. The number of nitrogen functional groups attached to an aromatic ring is 1. The Morgan fingerprint density at radius 2 is 2.33 bits per heavy atom. The summed E-state index contributed by atoms with van der Waals surface area (Å²) < 4.78 is 5.72. The van der Waals surface area contributed by atoms with Gasteiger partial charge >= 0.3 is 0 Å². The van der Waals surface area contributed by atoms with Crippen LogP contribution in [0, 0.1) is 0 Å². The van der Waals surface area contributed by atoms with E-state index in [0.29, 0.717) is 18.7 Å². The molecule has 6 heteroatoms. The first-order valence-corrected chi connectivity index (χ1v) is 7.38. The van der Waals surface area contributed by atoms with E-state index in [4.69, 9.17) is 10.5 Å². The molecule has 0 aromatic heterocycles. The van der Waals surface area contributed by atoms with Gasteiger partial charge in [0.1, 0.15) is 0 Å². The number of nitrogens with one attached hydrogen (secondary N) is 2. The van der Waals surface area contributed by atoms with Crippen molar-refractivity contribution >= 4 is 23.0 Å². The zero-order chi connectivity index (χ0) is 14.8. The second-order valence-electron chi connectivity index (χ2n) is 5.78. The predicted molar refractivity (Wildman–Crippen MR) is 83.5 cm³/mol. The topological polar surface area (TPSA) is 79.6 Å². The summed E-state index contributed by atoms with van der Waals surface area (Å²) in [6, 6.07) is 3.87. The van der Waals surface area contributed by atoms with Crippen molar-refractivity contribution in [2.45, 2.75) is 18.9 Å². The summed E-state index contributed by atoms with van der Waals surface area (Å²) in [6.07, 6.45) is 1.44. The molecule has 0 spiro atoms. The van der Waals surface area contributed by atoms with Crippen molar-refractivity contribution in [1.29, 1.82) is 0 Å². The van der Waals surface area contributed by atoms with Gasteiger partial charge in [0.05, 0.1) is 24.1 Å². The summed E-state index contributed by atoms with van der Waals surface area (Å²) >= 11 is 0. The first kappa shape index (κ1) is 14.2. The maximum atomic E-state index is 11.5. The zero-order valence-corrected chi connectivity index (χ0v) is 12.3. The van der Waals surface area contributed by atoms with Crippen molar-refractivity contribution in [3.8, 4) is 0 Å². The van der Waals surface area contributed by atoms with Crippen molar-refractivity contribution in [3.63, 3.8) is 0 Å². The van der Waals surface area contributed by atoms with Crippen molar-refractivity contribution < 1.29 is 9.53 Å². The van der Waals surface area contributed by atoms with Crippen LogP contribution in [0.15, 0.2) is 12.1 Å². The fourth-order valence-electron chi connectivity index (χ4n) is 2.81. The lowest BCUT2D eigenvalue weighted by Gasteiger charge is -2.30. The molecule has 2 aliphatic rings. The van der Waals surface area contributed by atoms with Crippen LogP contribution in [0.3, 0.4) is 0 Å². The number of anilines is 3. The van der Waals surface area contributed by atoms with Gasteiger partial charge in [-0.15, -0.1) is 0 Å². The Kier molecular flexibility index (Phi) is 3.98. The number of aryl methyl sites for hydroxylation is 1. The number of ether oxygens (including phenoxy) is 1. The van der Waals surface area contributed by atoms with Crippen LogP contribution in [-0.4, -0.2) is 50.2 Å². The molecule has 114 valence electrons. The minimum absolute atomic E-state index is 0.0652. The Morgan fingerprint density at radius 1 is 1.48 bits per heavy atom. The predicted octanol–water partition coefficient (Wildman–Crippen LogP) is 0.896. The molecule has 0 aliphatic carbocycles. The third-order valence-electron chi connectivity index (χ3n) is 4.03. The van der Waals surface area contributed by atoms with Crippen molar-refractivity contribution in [1.82, 2.24) is 4.90 Å². The summed E-state index contributed by atoms with van der Waals surface area (Å²) in [4.78, 5) is 13.7. The van der Waals surface area contributed by atoms with E-state index < -0.39 is 0 Å². The minimum atomic E-state index is 0.0652. The van der Waals surface area contributed by atoms with Crippen molar-refractivity contribution in [2.75, 3.05) is 49.7 Å². The van der Waals surface area contributed by atoms with Gasteiger partial charge in [-0.25, -0.2) is 0 Å². The molecule has 21 heavy (non-hydrogen) atoms. The van der Waals surface area contributed by atoms with Gasteiger partial charge in [-0.3, -0.25) is 4.79 Å². The van der Waals surface area contributed by atoms with E-state index in [1.165, 1.54) is 0 Å². The van der Waals surface area contributed by atoms with Crippen LogP contribution in [0.5, 0.6) is 0 Å². The minimum Gasteiger partial charge on any atom is -0.397 e. The number of nitrogens with two attached hydrogens (primary N) is 1. The maximum Gasteiger partial charge on any atom is 0.224 e. The molecule has 1 atom stereocenters. The number of amides is 1. The van der Waals surface area contributed by atoms with Crippen LogP contribution in [0.25, 0.3) is 0 Å². The van der Waals surface area contributed by atoms with E-state index in [1.54, 1.807) is 0 Å². The lowest BCUT2D eigenvalue weighted by molar-refractivity contribution is -0.116. The van der Waals surface area contributed by atoms with Crippen LogP contribution >= 0.6 is 0 Å². The Bertz CT molecular complexity index is 547. The number of morpholine rings is 1. The second-order valence-corrected chi connectivity index (χ2v) is 5.78. The number of fused-ring (bicyclic) bond motifs is 1. The molecular weight excluding hydrogens is 268 g/mol. The van der Waals surface area contributed by atoms with Crippen LogP contribution in [0.2, 0.25) is 0 Å². The third-order valence-corrected chi connectivity index (χ3v) is 4.03. The molecule has 2 heterocycles. The highest BCUT2D eigenvalue weighted by Gasteiger charge is 2.19. The summed E-state index contributed by atoms with van der Waals surface area (Å²) in [6.45, 7) is 3.36. The normalized spacial score (nSPS) is 22.5. The van der Waals surface area contributed by atoms with E-state index in [0.717, 1.165) is 43.1 Å². The fraction of sp³-hybridized carbons (Fsp3) is 0.533. The Hall–Kier alpha value is -1.79. The Balaban J connectivity index is 1.67. The first-order chi connectivity index (χ1) is 10.1. The number of likely N-dealkylation sites (N-methyl/N-ethyl adjacent to an activating group) is 1. The summed E-state index contributed by atoms with van der Waals surface area (Å²) in [5.41, 5.74) is 9.64. The molecule has 0 saturated carbocycles. The number of rotatable bonds is 3. The molecule has 4 N–H and O–H groups in total. The zero-order valence-electron chi connectivity index (χ0n) is 12.3. The summed E-state index contributed by atoms with van der Waals surface area (Å²) in [7, 11) is 2.10. The van der Waals surface area contributed by atoms with Gasteiger partial charge < -0.3 is 26.0 Å². The molecular formula is C15H22N4O2. The molecule has 1 aromatic rings. The molecule has 1 aromatic carbocycles. The van der Waals surface area contributed by atoms with Gasteiger partial charge in [0.25, 0.3) is 0 Å². The van der Waals surface area contributed by atoms with Gasteiger partial charge in [-0.2, -0.15) is 0 Å². The SMILES string of the molecule is CN1CCOC(CNc2cc3c(cc2N)CCC(=O)N3)C1. The molecule has 0 radical (unpaired) electrons. The van der Waals surface area contributed by atoms with Gasteiger partial charge in [-0.1, -0.05) is 0 Å². The molecule has 1 amide bonds. The number of carbonyl (C=O) groups excluding carboxylic acids is 1. The Morgan fingerprint density at radius 3 is 3.14 bits per heavy atom. The van der Waals surface area contributed by atoms with Crippen LogP contribution in [0.4, 0.5) is 17.1 Å². The quantitative estimate of drug-likeness (QED) is 0.721. The third kappa shape index (κ3) is 3.28. The molecule has 1 fully saturated rings. The number of hydrogen-bond acceptors (Lipinski definition) is 5. The lowest BCUT2D eigenvalue weighted by Crippen LogP contribution is -2.43. The average molecular weight is 290 g/mol. The fourth-order valence-corrected chi connectivity index (χ4v) is 2.81. The largest absolute Gasteiger partial charge is 0.397 e. The van der Waals surface area contributed by atoms with E-state index in [1.807, 2.05) is 12.1 Å². The monoisotopic (exact) mass is 290 g/mol. The molecule has 1 saturated heterocycles. The number of carbonyl (C=O) groups is 1. The number of benzene rings is 1. The van der Waals surface area contributed by atoms with Crippen molar-refractivity contribution in [3.05, 3.63) is 17.7 Å². The maximum absolute atomic E-state index is 11.5. The van der Waals surface area contributed by atoms with E-state index >= 15 is 0 Å². The highest BCUT2D eigenvalue weighted by atomic mass is 16.5. The van der Waals surface area contributed by atoms with Gasteiger partial charge in [0.15, 0.2) is 0 Å². The summed E-state index contributed by atoms with van der Waals surface area (Å²) in [5, 5.41) is 6.24. The standard InChI is InChI=1S/C15H22N4O2/c1-19-4-5-21-11(9-19)8-17-14-7-13-10(6-12(14)16)2-3-15(20)18-13/h6-7,11,17H,2-5,8-9,16H2,1H3,(H,18,20). The smallest absolute Gasteiger partial charge is 0.224 e. The Labute approximate surface area is 124 Å². The van der Waals surface area contributed by atoms with Crippen molar-refractivity contribution in [2.24, 2.45) is 0 Å².